The number of piperidine rings is 1. The van der Waals surface area contributed by atoms with E-state index in [9.17, 15) is 14.0 Å². The molecular weight excluding hydrogens is 405 g/mol. The van der Waals surface area contributed by atoms with Crippen molar-refractivity contribution >= 4 is 23.2 Å². The molecular formula is C22H28FN3O3S. The summed E-state index contributed by atoms with van der Waals surface area (Å²) in [4.78, 5) is 30.4. The number of ether oxygens (including phenoxy) is 1. The summed E-state index contributed by atoms with van der Waals surface area (Å²) in [5, 5.41) is 6.92. The van der Waals surface area contributed by atoms with Crippen LogP contribution in [0.2, 0.25) is 0 Å². The third kappa shape index (κ3) is 5.86. The van der Waals surface area contributed by atoms with E-state index >= 15 is 0 Å². The quantitative estimate of drug-likeness (QED) is 0.686. The van der Waals surface area contributed by atoms with Crippen molar-refractivity contribution < 1.29 is 18.7 Å². The number of carbonyl (C=O) groups excluding carboxylic acids is 2. The largest absolute Gasteiger partial charge is 0.444 e. The molecule has 1 fully saturated rings. The molecule has 1 aromatic carbocycles. The van der Waals surface area contributed by atoms with Gasteiger partial charge in [-0.1, -0.05) is 12.1 Å². The number of aryl methyl sites for hydroxylation is 1. The average Bonchev–Trinajstić information content (AvgIpc) is 3.07. The summed E-state index contributed by atoms with van der Waals surface area (Å²) in [6.45, 7) is 8.38. The third-order valence-corrected chi connectivity index (χ3v) is 5.85. The summed E-state index contributed by atoms with van der Waals surface area (Å²) in [5.74, 6) is -0.494. The SMILES string of the molecule is Cc1nc(C(=O)C2CCN[C@H](CNC(=O)OC(C)(C)C)C2)c(-c2ccc(F)cc2)s1. The summed E-state index contributed by atoms with van der Waals surface area (Å²) < 4.78 is 18.6. The van der Waals surface area contributed by atoms with Crippen LogP contribution in [-0.2, 0) is 4.74 Å². The maximum Gasteiger partial charge on any atom is 0.407 e. The highest BCUT2D eigenvalue weighted by atomic mass is 32.1. The fourth-order valence-electron chi connectivity index (χ4n) is 3.50. The van der Waals surface area contributed by atoms with Gasteiger partial charge in [0.1, 0.15) is 17.1 Å². The lowest BCUT2D eigenvalue weighted by Gasteiger charge is -2.30. The maximum atomic E-state index is 13.3. The number of alkyl carbamates (subject to hydrolysis) is 1. The third-order valence-electron chi connectivity index (χ3n) is 4.83. The van der Waals surface area contributed by atoms with E-state index in [1.807, 2.05) is 27.7 Å². The van der Waals surface area contributed by atoms with Gasteiger partial charge in [-0.3, -0.25) is 4.79 Å². The smallest absolute Gasteiger partial charge is 0.407 e. The van der Waals surface area contributed by atoms with Crippen molar-refractivity contribution in [2.75, 3.05) is 13.1 Å². The van der Waals surface area contributed by atoms with Crippen LogP contribution in [0.4, 0.5) is 9.18 Å². The van der Waals surface area contributed by atoms with Crippen LogP contribution in [0.5, 0.6) is 0 Å². The van der Waals surface area contributed by atoms with Crippen LogP contribution in [0.3, 0.4) is 0 Å². The molecule has 2 heterocycles. The summed E-state index contributed by atoms with van der Waals surface area (Å²) >= 11 is 1.44. The summed E-state index contributed by atoms with van der Waals surface area (Å²) in [5.41, 5.74) is 0.694. The lowest BCUT2D eigenvalue weighted by atomic mass is 9.87. The second-order valence-corrected chi connectivity index (χ2v) is 9.74. The molecule has 3 rings (SSSR count). The number of amides is 1. The Morgan fingerprint density at radius 2 is 2.00 bits per heavy atom. The summed E-state index contributed by atoms with van der Waals surface area (Å²) in [7, 11) is 0. The maximum absolute atomic E-state index is 13.3. The van der Waals surface area contributed by atoms with Gasteiger partial charge in [-0.2, -0.15) is 0 Å². The van der Waals surface area contributed by atoms with Gasteiger partial charge >= 0.3 is 6.09 Å². The van der Waals surface area contributed by atoms with Crippen LogP contribution < -0.4 is 10.6 Å². The van der Waals surface area contributed by atoms with Gasteiger partial charge in [0.15, 0.2) is 5.78 Å². The summed E-state index contributed by atoms with van der Waals surface area (Å²) in [6.07, 6.45) is 0.849. The fourth-order valence-corrected chi connectivity index (χ4v) is 4.43. The van der Waals surface area contributed by atoms with E-state index in [0.29, 0.717) is 31.6 Å². The molecule has 2 atom stereocenters. The minimum absolute atomic E-state index is 0.00226. The van der Waals surface area contributed by atoms with E-state index in [1.165, 1.54) is 23.5 Å². The molecule has 30 heavy (non-hydrogen) atoms. The topological polar surface area (TPSA) is 80.3 Å². The van der Waals surface area contributed by atoms with Gasteiger partial charge in [0.05, 0.1) is 9.88 Å². The predicted molar refractivity (Wildman–Crippen MR) is 115 cm³/mol. The zero-order valence-electron chi connectivity index (χ0n) is 17.8. The highest BCUT2D eigenvalue weighted by molar-refractivity contribution is 7.15. The molecule has 1 aromatic heterocycles. The number of benzene rings is 1. The number of carbonyl (C=O) groups is 2. The first-order valence-corrected chi connectivity index (χ1v) is 10.9. The fraction of sp³-hybridized carbons (Fsp3) is 0.500. The van der Waals surface area contributed by atoms with Crippen LogP contribution in [0.25, 0.3) is 10.4 Å². The van der Waals surface area contributed by atoms with Crippen molar-refractivity contribution in [3.05, 3.63) is 40.8 Å². The number of aromatic nitrogens is 1. The molecule has 0 bridgehead atoms. The van der Waals surface area contributed by atoms with Crippen LogP contribution in [-0.4, -0.2) is 41.6 Å². The number of nitrogens with zero attached hydrogens (tertiary/aromatic N) is 1. The van der Waals surface area contributed by atoms with Crippen LogP contribution in [0.1, 0.15) is 49.1 Å². The van der Waals surface area contributed by atoms with Gasteiger partial charge in [-0.15, -0.1) is 11.3 Å². The van der Waals surface area contributed by atoms with Crippen molar-refractivity contribution in [2.24, 2.45) is 5.92 Å². The summed E-state index contributed by atoms with van der Waals surface area (Å²) in [6, 6.07) is 6.11. The molecule has 1 aliphatic rings. The zero-order valence-corrected chi connectivity index (χ0v) is 18.6. The Kier molecular flexibility index (Phi) is 6.88. The molecule has 0 radical (unpaired) electrons. The second-order valence-electron chi connectivity index (χ2n) is 8.54. The van der Waals surface area contributed by atoms with E-state index in [-0.39, 0.29) is 23.6 Å². The number of halogens is 1. The van der Waals surface area contributed by atoms with Gasteiger partial charge in [0.2, 0.25) is 0 Å². The second kappa shape index (κ2) is 9.22. The highest BCUT2D eigenvalue weighted by Gasteiger charge is 2.31. The van der Waals surface area contributed by atoms with E-state index in [4.69, 9.17) is 4.74 Å². The molecule has 2 N–H and O–H groups in total. The first-order valence-electron chi connectivity index (χ1n) is 10.1. The first-order chi connectivity index (χ1) is 14.1. The lowest BCUT2D eigenvalue weighted by Crippen LogP contribution is -2.48. The van der Waals surface area contributed by atoms with Crippen molar-refractivity contribution in [3.63, 3.8) is 0 Å². The number of nitrogens with one attached hydrogen (secondary N) is 2. The number of Topliss-reactive ketones (excluding diaryl/α,β-unsaturated/α-hetero) is 1. The molecule has 0 spiro atoms. The van der Waals surface area contributed by atoms with Crippen LogP contribution in [0.15, 0.2) is 24.3 Å². The highest BCUT2D eigenvalue weighted by Crippen LogP contribution is 2.33. The number of thiazole rings is 1. The zero-order chi connectivity index (χ0) is 21.9. The Morgan fingerprint density at radius 1 is 1.30 bits per heavy atom. The van der Waals surface area contributed by atoms with Crippen molar-refractivity contribution in [1.29, 1.82) is 0 Å². The standard InChI is InChI=1S/C22H28FN3O3S/c1-13-26-18(20(30-13)14-5-7-16(23)8-6-14)19(27)15-9-10-24-17(11-15)12-25-21(28)29-22(2,3)4/h5-8,15,17,24H,9-12H2,1-4H3,(H,25,28)/t15?,17-/m0/s1. The molecule has 8 heteroatoms. The average molecular weight is 434 g/mol. The normalized spacial score (nSPS) is 19.4. The Labute approximate surface area is 180 Å². The minimum Gasteiger partial charge on any atom is -0.444 e. The lowest BCUT2D eigenvalue weighted by molar-refractivity contribution is 0.0518. The monoisotopic (exact) mass is 433 g/mol. The Hall–Kier alpha value is -2.32. The predicted octanol–water partition coefficient (Wildman–Crippen LogP) is 4.33. The molecule has 2 aromatic rings. The minimum atomic E-state index is -0.554. The van der Waals surface area contributed by atoms with Crippen molar-refractivity contribution in [2.45, 2.75) is 52.2 Å². The Balaban J connectivity index is 1.67. The van der Waals surface area contributed by atoms with Crippen molar-refractivity contribution in [1.82, 2.24) is 15.6 Å². The Morgan fingerprint density at radius 3 is 2.67 bits per heavy atom. The molecule has 1 unspecified atom stereocenters. The van der Waals surface area contributed by atoms with E-state index in [1.54, 1.807) is 12.1 Å². The number of rotatable bonds is 5. The van der Waals surface area contributed by atoms with Crippen LogP contribution >= 0.6 is 11.3 Å². The number of hydrogen-bond acceptors (Lipinski definition) is 6. The van der Waals surface area contributed by atoms with Gasteiger partial charge in [0, 0.05) is 18.5 Å². The molecule has 0 aliphatic carbocycles. The number of ketones is 1. The number of hydrogen-bond donors (Lipinski definition) is 2. The van der Waals surface area contributed by atoms with E-state index in [0.717, 1.165) is 15.4 Å². The first kappa shape index (κ1) is 22.4. The van der Waals surface area contributed by atoms with Crippen molar-refractivity contribution in [3.8, 4) is 10.4 Å². The van der Waals surface area contributed by atoms with E-state index in [2.05, 4.69) is 15.6 Å². The molecule has 1 saturated heterocycles. The molecule has 162 valence electrons. The van der Waals surface area contributed by atoms with Gasteiger partial charge in [0.25, 0.3) is 0 Å². The molecule has 6 nitrogen and oxygen atoms in total. The van der Waals surface area contributed by atoms with E-state index < -0.39 is 11.7 Å². The van der Waals surface area contributed by atoms with Crippen LogP contribution in [0, 0.1) is 18.7 Å². The van der Waals surface area contributed by atoms with Gasteiger partial charge in [-0.05, 0) is 64.8 Å². The molecule has 1 aliphatic heterocycles. The van der Waals surface area contributed by atoms with Gasteiger partial charge < -0.3 is 15.4 Å². The molecule has 0 saturated carbocycles. The van der Waals surface area contributed by atoms with Gasteiger partial charge in [-0.25, -0.2) is 14.2 Å². The Bertz CT molecular complexity index is 905. The molecule has 1 amide bonds.